The van der Waals surface area contributed by atoms with Crippen molar-refractivity contribution in [1.82, 2.24) is 0 Å². The van der Waals surface area contributed by atoms with Crippen molar-refractivity contribution in [3.63, 3.8) is 0 Å². The largest absolute Gasteiger partial charge is 0.456 e. The van der Waals surface area contributed by atoms with Crippen LogP contribution in [0.5, 0.6) is 0 Å². The predicted octanol–water partition coefficient (Wildman–Crippen LogP) is 15.1. The van der Waals surface area contributed by atoms with Gasteiger partial charge in [0.2, 0.25) is 0 Å². The summed E-state index contributed by atoms with van der Waals surface area (Å²) in [7, 11) is 0. The summed E-state index contributed by atoms with van der Waals surface area (Å²) >= 11 is 0. The summed E-state index contributed by atoms with van der Waals surface area (Å²) in [6.45, 7) is 0. The van der Waals surface area contributed by atoms with Crippen LogP contribution in [0.3, 0.4) is 0 Å². The van der Waals surface area contributed by atoms with E-state index in [1.54, 1.807) is 0 Å². The van der Waals surface area contributed by atoms with Gasteiger partial charge in [0.05, 0.1) is 0 Å². The highest BCUT2D eigenvalue weighted by Crippen LogP contribution is 2.51. The van der Waals surface area contributed by atoms with Gasteiger partial charge in [-0.3, -0.25) is 0 Å². The highest BCUT2D eigenvalue weighted by Gasteiger charge is 2.24. The third kappa shape index (κ3) is 4.11. The second kappa shape index (κ2) is 11.2. The van der Waals surface area contributed by atoms with Gasteiger partial charge in [0.1, 0.15) is 22.3 Å². The van der Waals surface area contributed by atoms with E-state index in [0.717, 1.165) is 66.0 Å². The fourth-order valence-corrected chi connectivity index (χ4v) is 9.19. The van der Waals surface area contributed by atoms with Crippen LogP contribution >= 0.6 is 0 Å². The molecule has 0 bridgehead atoms. The van der Waals surface area contributed by atoms with E-state index < -0.39 is 0 Å². The Morgan fingerprint density at radius 1 is 0.259 bits per heavy atom. The van der Waals surface area contributed by atoms with E-state index in [2.05, 4.69) is 176 Å². The predicted molar refractivity (Wildman–Crippen MR) is 227 cm³/mol. The minimum absolute atomic E-state index is 0.864. The Morgan fingerprint density at radius 2 is 0.815 bits per heavy atom. The number of furan rings is 2. The zero-order chi connectivity index (χ0) is 35.3. The van der Waals surface area contributed by atoms with Crippen LogP contribution in [0.15, 0.2) is 191 Å². The maximum Gasteiger partial charge on any atom is 0.136 e. The van der Waals surface area contributed by atoms with Gasteiger partial charge in [-0.15, -0.1) is 0 Å². The molecule has 2 nitrogen and oxygen atoms in total. The molecule has 0 aliphatic heterocycles. The average Bonchev–Trinajstić information content (AvgIpc) is 3.80. The number of para-hydroxylation sites is 1. The molecule has 0 saturated heterocycles. The van der Waals surface area contributed by atoms with Crippen LogP contribution in [0, 0.1) is 0 Å². The second-order valence-corrected chi connectivity index (χ2v) is 14.3. The summed E-state index contributed by atoms with van der Waals surface area (Å²) < 4.78 is 13.5. The molecule has 0 saturated carbocycles. The molecule has 12 rings (SSSR count). The van der Waals surface area contributed by atoms with E-state index in [1.807, 2.05) is 6.07 Å². The monoisotopic (exact) mass is 686 g/mol. The molecule has 0 aliphatic carbocycles. The molecule has 0 fully saturated rings. The quantitative estimate of drug-likeness (QED) is 0.173. The highest BCUT2D eigenvalue weighted by atomic mass is 16.3. The van der Waals surface area contributed by atoms with Crippen LogP contribution in [0.25, 0.3) is 120 Å². The molecule has 2 heteroatoms. The van der Waals surface area contributed by atoms with Crippen molar-refractivity contribution >= 4 is 87.0 Å². The van der Waals surface area contributed by atoms with Crippen molar-refractivity contribution in [2.24, 2.45) is 0 Å². The van der Waals surface area contributed by atoms with Gasteiger partial charge in [0.15, 0.2) is 0 Å². The van der Waals surface area contributed by atoms with Crippen LogP contribution in [0.4, 0.5) is 0 Å². The fourth-order valence-electron chi connectivity index (χ4n) is 9.19. The summed E-state index contributed by atoms with van der Waals surface area (Å²) in [5, 5.41) is 14.0. The molecule has 0 radical (unpaired) electrons. The SMILES string of the molecule is c1ccc(-c2c3ccccc3c(-c3cc(-c4c5ccccc5cc5oc6ccccc6c45)cc4oc5ccc6ccccc6c5c34)c3ccccc23)cc1. The number of hydrogen-bond donors (Lipinski definition) is 0. The van der Waals surface area contributed by atoms with Gasteiger partial charge in [0, 0.05) is 27.1 Å². The van der Waals surface area contributed by atoms with Crippen LogP contribution in [-0.2, 0) is 0 Å². The molecule has 2 aromatic heterocycles. The van der Waals surface area contributed by atoms with E-state index in [-0.39, 0.29) is 0 Å². The molecular formula is C52H30O2. The first-order valence-corrected chi connectivity index (χ1v) is 18.5. The van der Waals surface area contributed by atoms with E-state index in [4.69, 9.17) is 8.83 Å². The van der Waals surface area contributed by atoms with E-state index in [9.17, 15) is 0 Å². The van der Waals surface area contributed by atoms with Crippen molar-refractivity contribution in [3.05, 3.63) is 182 Å². The van der Waals surface area contributed by atoms with Crippen molar-refractivity contribution in [3.8, 4) is 33.4 Å². The molecule has 0 aliphatic rings. The second-order valence-electron chi connectivity index (χ2n) is 14.3. The standard InChI is InChI=1S/C52H30O2/c1-2-15-32(16-3-1)47-37-20-8-10-22-39(37)49(40-23-11-9-21-38(40)47)42-28-34(30-46-52(42)50-35-18-6-4-14-31(35)26-27-44(50)54-46)48-36-19-7-5-17-33(36)29-45-51(48)41-24-12-13-25-43(41)53-45/h1-30H. The molecule has 54 heavy (non-hydrogen) atoms. The maximum absolute atomic E-state index is 6.97. The van der Waals surface area contributed by atoms with Gasteiger partial charge < -0.3 is 8.83 Å². The molecule has 0 N–H and O–H groups in total. The van der Waals surface area contributed by atoms with Gasteiger partial charge in [-0.25, -0.2) is 0 Å². The first-order chi connectivity index (χ1) is 26.8. The lowest BCUT2D eigenvalue weighted by Gasteiger charge is -2.19. The minimum Gasteiger partial charge on any atom is -0.456 e. The summed E-state index contributed by atoms with van der Waals surface area (Å²) in [5.41, 5.74) is 10.6. The molecule has 0 spiro atoms. The lowest BCUT2D eigenvalue weighted by atomic mass is 9.83. The van der Waals surface area contributed by atoms with Crippen LogP contribution in [-0.4, -0.2) is 0 Å². The molecule has 250 valence electrons. The summed E-state index contributed by atoms with van der Waals surface area (Å²) in [6.07, 6.45) is 0. The van der Waals surface area contributed by atoms with E-state index in [0.29, 0.717) is 0 Å². The summed E-state index contributed by atoms with van der Waals surface area (Å²) in [5.74, 6) is 0. The van der Waals surface area contributed by atoms with Crippen LogP contribution in [0.1, 0.15) is 0 Å². The topological polar surface area (TPSA) is 26.3 Å². The normalized spacial score (nSPS) is 12.1. The van der Waals surface area contributed by atoms with Gasteiger partial charge in [-0.2, -0.15) is 0 Å². The zero-order valence-corrected chi connectivity index (χ0v) is 29.1. The Kier molecular flexibility index (Phi) is 6.09. The van der Waals surface area contributed by atoms with Gasteiger partial charge in [-0.05, 0) is 101 Å². The van der Waals surface area contributed by atoms with Crippen molar-refractivity contribution in [2.45, 2.75) is 0 Å². The molecule has 0 atom stereocenters. The van der Waals surface area contributed by atoms with Crippen LogP contribution < -0.4 is 0 Å². The molecule has 2 heterocycles. The zero-order valence-electron chi connectivity index (χ0n) is 29.1. The smallest absolute Gasteiger partial charge is 0.136 e. The lowest BCUT2D eigenvalue weighted by molar-refractivity contribution is 0.668. The third-order valence-electron chi connectivity index (χ3n) is 11.4. The van der Waals surface area contributed by atoms with E-state index in [1.165, 1.54) is 54.4 Å². The Balaban J connectivity index is 1.32. The lowest BCUT2D eigenvalue weighted by Crippen LogP contribution is -1.92. The Morgan fingerprint density at radius 3 is 1.56 bits per heavy atom. The third-order valence-corrected chi connectivity index (χ3v) is 11.4. The van der Waals surface area contributed by atoms with Crippen molar-refractivity contribution in [1.29, 1.82) is 0 Å². The van der Waals surface area contributed by atoms with Gasteiger partial charge in [0.25, 0.3) is 0 Å². The molecule has 12 aromatic rings. The number of hydrogen-bond acceptors (Lipinski definition) is 2. The summed E-state index contributed by atoms with van der Waals surface area (Å²) in [4.78, 5) is 0. The number of benzene rings is 10. The first kappa shape index (κ1) is 29.4. The molecule has 0 amide bonds. The molecule has 0 unspecified atom stereocenters. The molecular weight excluding hydrogens is 657 g/mol. The maximum atomic E-state index is 6.97. The van der Waals surface area contributed by atoms with Crippen molar-refractivity contribution < 1.29 is 8.83 Å². The Labute approximate surface area is 310 Å². The average molecular weight is 687 g/mol. The molecule has 10 aromatic carbocycles. The Hall–Kier alpha value is -7.16. The summed E-state index contributed by atoms with van der Waals surface area (Å²) in [6, 6.07) is 65.5. The van der Waals surface area contributed by atoms with E-state index >= 15 is 0 Å². The van der Waals surface area contributed by atoms with Crippen molar-refractivity contribution in [2.75, 3.05) is 0 Å². The van der Waals surface area contributed by atoms with Gasteiger partial charge >= 0.3 is 0 Å². The Bertz CT molecular complexity index is 3430. The first-order valence-electron chi connectivity index (χ1n) is 18.5. The minimum atomic E-state index is 0.864. The van der Waals surface area contributed by atoms with Gasteiger partial charge in [-0.1, -0.05) is 152 Å². The van der Waals surface area contributed by atoms with Crippen LogP contribution in [0.2, 0.25) is 0 Å². The number of fused-ring (bicyclic) bond motifs is 11. The fraction of sp³-hybridized carbons (Fsp3) is 0. The highest BCUT2D eigenvalue weighted by molar-refractivity contribution is 6.30. The number of rotatable bonds is 3.